The zero-order valence-electron chi connectivity index (χ0n) is 9.76. The number of hydrogen-bond acceptors (Lipinski definition) is 6. The van der Waals surface area contributed by atoms with Crippen LogP contribution in [-0.4, -0.2) is 40.6 Å². The van der Waals surface area contributed by atoms with Crippen molar-refractivity contribution in [2.45, 2.75) is 13.3 Å². The van der Waals surface area contributed by atoms with Crippen LogP contribution in [0, 0.1) is 5.92 Å². The molecule has 1 atom stereocenters. The molecular weight excluding hydrogens is 306 g/mol. The van der Waals surface area contributed by atoms with E-state index in [1.54, 1.807) is 6.92 Å². The largest absolute Gasteiger partial charge is 0.459 e. The normalized spacial score (nSPS) is 19.3. The zero-order valence-corrected chi connectivity index (χ0v) is 11.3. The van der Waals surface area contributed by atoms with E-state index in [9.17, 15) is 9.59 Å². The van der Waals surface area contributed by atoms with E-state index >= 15 is 0 Å². The van der Waals surface area contributed by atoms with Crippen LogP contribution < -0.4 is 4.90 Å². The van der Waals surface area contributed by atoms with Gasteiger partial charge >= 0.3 is 17.9 Å². The summed E-state index contributed by atoms with van der Waals surface area (Å²) in [6, 6.07) is 0.0477. The number of halogens is 1. The van der Waals surface area contributed by atoms with Gasteiger partial charge in [-0.05, 0) is 12.8 Å². The van der Waals surface area contributed by atoms with E-state index in [0.29, 0.717) is 13.0 Å². The van der Waals surface area contributed by atoms with Crippen molar-refractivity contribution in [3.63, 3.8) is 0 Å². The fourth-order valence-corrected chi connectivity index (χ4v) is 2.10. The molecule has 1 aliphatic rings. The van der Waals surface area contributed by atoms with Crippen molar-refractivity contribution in [1.82, 2.24) is 10.2 Å². The summed E-state index contributed by atoms with van der Waals surface area (Å²) in [6.07, 6.45) is 0.433. The van der Waals surface area contributed by atoms with Gasteiger partial charge in [-0.25, -0.2) is 4.79 Å². The molecule has 2 heterocycles. The van der Waals surface area contributed by atoms with Gasteiger partial charge < -0.3 is 9.15 Å². The van der Waals surface area contributed by atoms with Crippen LogP contribution in [0.2, 0.25) is 0 Å². The van der Waals surface area contributed by atoms with E-state index in [1.165, 1.54) is 4.90 Å². The number of carbonyl (C=O) groups excluding carboxylic acids is 2. The molecule has 0 radical (unpaired) electrons. The van der Waals surface area contributed by atoms with Crippen molar-refractivity contribution >= 4 is 33.8 Å². The molecule has 1 aromatic rings. The summed E-state index contributed by atoms with van der Waals surface area (Å²) in [4.78, 5) is 24.4. The highest BCUT2D eigenvalue weighted by atomic mass is 79.9. The van der Waals surface area contributed by atoms with E-state index < -0.39 is 5.97 Å². The van der Waals surface area contributed by atoms with Gasteiger partial charge in [0, 0.05) is 18.3 Å². The van der Waals surface area contributed by atoms with Gasteiger partial charge in [0.1, 0.15) is 0 Å². The van der Waals surface area contributed by atoms with E-state index in [-0.39, 0.29) is 30.3 Å². The van der Waals surface area contributed by atoms with Crippen LogP contribution in [0.15, 0.2) is 4.42 Å². The van der Waals surface area contributed by atoms with Gasteiger partial charge in [-0.15, -0.1) is 0 Å². The summed E-state index contributed by atoms with van der Waals surface area (Å²) in [5.41, 5.74) is 0. The lowest BCUT2D eigenvalue weighted by Gasteiger charge is -2.09. The molecule has 0 saturated carbocycles. The van der Waals surface area contributed by atoms with E-state index in [1.807, 2.05) is 0 Å². The zero-order chi connectivity index (χ0) is 13.1. The predicted molar refractivity (Wildman–Crippen MR) is 64.5 cm³/mol. The molecule has 1 saturated heterocycles. The van der Waals surface area contributed by atoms with Gasteiger partial charge in [-0.3, -0.25) is 9.69 Å². The number of ether oxygens (including phenoxy) is 1. The maximum absolute atomic E-state index is 11.7. The fraction of sp³-hybridized carbons (Fsp3) is 0.600. The van der Waals surface area contributed by atoms with Gasteiger partial charge in [-0.2, -0.15) is 0 Å². The second-order valence-corrected chi connectivity index (χ2v) is 4.49. The van der Waals surface area contributed by atoms with E-state index in [2.05, 4.69) is 26.1 Å². The Balaban J connectivity index is 2.11. The molecule has 0 spiro atoms. The van der Waals surface area contributed by atoms with Crippen molar-refractivity contribution < 1.29 is 18.7 Å². The van der Waals surface area contributed by atoms with Crippen LogP contribution >= 0.6 is 15.9 Å². The summed E-state index contributed by atoms with van der Waals surface area (Å²) in [6.45, 7) is 2.42. The average molecular weight is 318 g/mol. The highest BCUT2D eigenvalue weighted by molar-refractivity contribution is 9.09. The Hall–Kier alpha value is -1.44. The molecule has 8 heteroatoms. The van der Waals surface area contributed by atoms with Crippen LogP contribution in [0.5, 0.6) is 0 Å². The first kappa shape index (κ1) is 13.0. The number of carbonyl (C=O) groups is 2. The molecule has 7 nitrogen and oxygen atoms in total. The predicted octanol–water partition coefficient (Wildman–Crippen LogP) is 0.994. The summed E-state index contributed by atoms with van der Waals surface area (Å²) in [7, 11) is 0. The number of anilines is 1. The molecule has 0 aliphatic carbocycles. The van der Waals surface area contributed by atoms with Crippen LogP contribution in [0.3, 0.4) is 0 Å². The lowest BCUT2D eigenvalue weighted by molar-refractivity contribution is -0.117. The Labute approximate surface area is 112 Å². The molecule has 1 aromatic heterocycles. The Morgan fingerprint density at radius 2 is 2.39 bits per heavy atom. The second-order valence-electron chi connectivity index (χ2n) is 3.84. The van der Waals surface area contributed by atoms with Gasteiger partial charge in [-0.1, -0.05) is 26.1 Å². The van der Waals surface area contributed by atoms with Gasteiger partial charge in [0.25, 0.3) is 0 Å². The Morgan fingerprint density at radius 3 is 3.00 bits per heavy atom. The molecule has 1 fully saturated rings. The molecule has 0 bridgehead atoms. The van der Waals surface area contributed by atoms with Crippen LogP contribution in [0.4, 0.5) is 6.01 Å². The monoisotopic (exact) mass is 317 g/mol. The Morgan fingerprint density at radius 1 is 1.61 bits per heavy atom. The molecule has 98 valence electrons. The highest BCUT2D eigenvalue weighted by Crippen LogP contribution is 2.25. The lowest BCUT2D eigenvalue weighted by atomic mass is 10.2. The molecular formula is C10H12BrN3O4. The number of rotatable bonds is 4. The topological polar surface area (TPSA) is 85.5 Å². The van der Waals surface area contributed by atoms with Crippen molar-refractivity contribution in [3.05, 3.63) is 5.89 Å². The van der Waals surface area contributed by atoms with Crippen molar-refractivity contribution in [3.8, 4) is 0 Å². The third-order valence-electron chi connectivity index (χ3n) is 2.52. The molecule has 1 aliphatic heterocycles. The van der Waals surface area contributed by atoms with Gasteiger partial charge in [0.15, 0.2) is 0 Å². The lowest BCUT2D eigenvalue weighted by Crippen LogP contribution is -2.25. The highest BCUT2D eigenvalue weighted by Gasteiger charge is 2.33. The fourth-order valence-electron chi connectivity index (χ4n) is 1.67. The molecule has 0 aromatic carbocycles. The summed E-state index contributed by atoms with van der Waals surface area (Å²) >= 11 is 3.33. The van der Waals surface area contributed by atoms with Gasteiger partial charge in [0.2, 0.25) is 5.91 Å². The minimum absolute atomic E-state index is 0.0477. The van der Waals surface area contributed by atoms with Crippen molar-refractivity contribution in [2.75, 3.05) is 23.4 Å². The van der Waals surface area contributed by atoms with Crippen LogP contribution in [0.1, 0.15) is 24.0 Å². The third kappa shape index (κ3) is 2.53. The maximum atomic E-state index is 11.7. The number of nitrogens with zero attached hydrogens (tertiary/aromatic N) is 3. The minimum Gasteiger partial charge on any atom is -0.459 e. The third-order valence-corrected chi connectivity index (χ3v) is 3.43. The molecule has 0 N–H and O–H groups in total. The number of esters is 1. The number of aromatic nitrogens is 2. The second kappa shape index (κ2) is 5.47. The smallest absolute Gasteiger partial charge is 0.396 e. The standard InChI is InChI=1S/C10H12BrN3O4/c1-2-17-9(16)8-12-13-10(18-8)14-5-6(4-11)3-7(14)15/h6H,2-5H2,1H3. The molecule has 1 amide bonds. The first-order valence-corrected chi connectivity index (χ1v) is 6.64. The number of hydrogen-bond donors (Lipinski definition) is 0. The molecule has 1 unspecified atom stereocenters. The first-order valence-electron chi connectivity index (χ1n) is 5.52. The SMILES string of the molecule is CCOC(=O)c1nnc(N2CC(CBr)CC2=O)o1. The average Bonchev–Trinajstić information content (AvgIpc) is 2.95. The quantitative estimate of drug-likeness (QED) is 0.608. The molecule has 2 rings (SSSR count). The van der Waals surface area contributed by atoms with E-state index in [0.717, 1.165) is 5.33 Å². The minimum atomic E-state index is -0.681. The first-order chi connectivity index (χ1) is 8.65. The van der Waals surface area contributed by atoms with Crippen molar-refractivity contribution in [1.29, 1.82) is 0 Å². The van der Waals surface area contributed by atoms with Crippen LogP contribution in [0.25, 0.3) is 0 Å². The molecule has 18 heavy (non-hydrogen) atoms. The Bertz CT molecular complexity index is 462. The summed E-state index contributed by atoms with van der Waals surface area (Å²) in [5, 5.41) is 7.99. The van der Waals surface area contributed by atoms with Crippen molar-refractivity contribution in [2.24, 2.45) is 5.92 Å². The summed E-state index contributed by atoms with van der Waals surface area (Å²) in [5.74, 6) is -0.782. The summed E-state index contributed by atoms with van der Waals surface area (Å²) < 4.78 is 9.87. The number of alkyl halides is 1. The van der Waals surface area contributed by atoms with Gasteiger partial charge in [0.05, 0.1) is 6.61 Å². The van der Waals surface area contributed by atoms with E-state index in [4.69, 9.17) is 9.15 Å². The number of amides is 1. The Kier molecular flexibility index (Phi) is 3.95. The van der Waals surface area contributed by atoms with Crippen LogP contribution in [-0.2, 0) is 9.53 Å². The maximum Gasteiger partial charge on any atom is 0.396 e.